The summed E-state index contributed by atoms with van der Waals surface area (Å²) in [5.41, 5.74) is 0. The summed E-state index contributed by atoms with van der Waals surface area (Å²) in [6.45, 7) is 16.3. The van der Waals surface area contributed by atoms with E-state index in [-0.39, 0.29) is 7.12 Å². The van der Waals surface area contributed by atoms with Gasteiger partial charge in [-0.15, -0.1) is 11.4 Å². The Balaban J connectivity index is 1.68. The minimum atomic E-state index is -1.77. The molecule has 33 heavy (non-hydrogen) atoms. The molecular formula is C28H37PSSi3. The fourth-order valence-corrected chi connectivity index (χ4v) is 46.8. The third-order valence-corrected chi connectivity index (χ3v) is 41.8. The first-order chi connectivity index (χ1) is 15.6. The summed E-state index contributed by atoms with van der Waals surface area (Å²) in [6, 6.07) is 35.0. The van der Waals surface area contributed by atoms with Crippen molar-refractivity contribution < 1.29 is 0 Å². The van der Waals surface area contributed by atoms with Crippen LogP contribution in [0.3, 0.4) is 0 Å². The molecule has 2 fully saturated rings. The van der Waals surface area contributed by atoms with E-state index in [1.165, 1.54) is 12.8 Å². The highest BCUT2D eigenvalue weighted by molar-refractivity contribution is 8.75. The number of rotatable bonds is 6. The summed E-state index contributed by atoms with van der Waals surface area (Å²) in [4.78, 5) is 0. The van der Waals surface area contributed by atoms with Gasteiger partial charge in [0.25, 0.3) is 0 Å². The van der Waals surface area contributed by atoms with Crippen LogP contribution in [0.15, 0.2) is 91.0 Å². The van der Waals surface area contributed by atoms with Gasteiger partial charge in [0.1, 0.15) is 8.07 Å². The maximum absolute atomic E-state index is 2.73. The van der Waals surface area contributed by atoms with Crippen molar-refractivity contribution in [2.24, 2.45) is 0 Å². The Bertz CT molecular complexity index is 1080. The molecule has 0 aromatic heterocycles. The van der Waals surface area contributed by atoms with E-state index < -0.39 is 24.2 Å². The molecule has 0 saturated carbocycles. The van der Waals surface area contributed by atoms with E-state index in [9.17, 15) is 0 Å². The third-order valence-electron chi connectivity index (χ3n) is 9.24. The zero-order chi connectivity index (χ0) is 23.5. The van der Waals surface area contributed by atoms with E-state index in [4.69, 9.17) is 0 Å². The first-order valence-electron chi connectivity index (χ1n) is 12.3. The predicted molar refractivity (Wildman–Crippen MR) is 160 cm³/mol. The second-order valence-corrected chi connectivity index (χ2v) is 32.6. The van der Waals surface area contributed by atoms with Gasteiger partial charge in [-0.1, -0.05) is 146 Å². The van der Waals surface area contributed by atoms with Crippen LogP contribution in [0.25, 0.3) is 0 Å². The summed E-state index contributed by atoms with van der Waals surface area (Å²) in [7, 11) is -5.21. The van der Waals surface area contributed by atoms with E-state index in [2.05, 4.69) is 142 Å². The molecular weight excluding hydrogens is 484 g/mol. The molecule has 0 nitrogen and oxygen atoms in total. The maximum Gasteiger partial charge on any atom is 0.104 e. The summed E-state index contributed by atoms with van der Waals surface area (Å²) < 4.78 is 1.07. The van der Waals surface area contributed by atoms with Crippen molar-refractivity contribution >= 4 is 58.3 Å². The molecule has 3 aromatic rings. The second kappa shape index (κ2) is 8.06. The Morgan fingerprint density at radius 3 is 1.27 bits per heavy atom. The summed E-state index contributed by atoms with van der Waals surface area (Å²) in [6.07, 6.45) is 2.88. The molecule has 2 heterocycles. The highest BCUT2D eigenvalue weighted by Crippen LogP contribution is 2.99. The van der Waals surface area contributed by atoms with Crippen molar-refractivity contribution in [3.05, 3.63) is 91.0 Å². The first-order valence-corrected chi connectivity index (χ1v) is 24.0. The molecule has 172 valence electrons. The maximum atomic E-state index is 2.73. The highest BCUT2D eigenvalue weighted by Gasteiger charge is 2.81. The molecule has 2 saturated heterocycles. The van der Waals surface area contributed by atoms with Gasteiger partial charge in [0.05, 0.1) is 16.1 Å². The Hall–Kier alpha value is -0.909. The number of hydrogen-bond acceptors (Lipinski definition) is 1. The lowest BCUT2D eigenvalue weighted by atomic mass is 10.3. The van der Waals surface area contributed by atoms with Gasteiger partial charge in [-0.3, -0.25) is 0 Å². The van der Waals surface area contributed by atoms with Crippen LogP contribution in [0.4, 0.5) is 0 Å². The Morgan fingerprint density at radius 2 is 0.909 bits per heavy atom. The standard InChI is InChI=1S/C28H37PSSi3/c1-31(2,24-16-10-7-11-17-24)27-22-23-28(29(27)30-27,32(3,4)25-18-12-8-13-19-25)33(5,6)26-20-14-9-15-21-26/h7-21H,22-23H2,1-6H3. The molecule has 0 aliphatic carbocycles. The van der Waals surface area contributed by atoms with Crippen molar-refractivity contribution in [1.82, 2.24) is 0 Å². The zero-order valence-electron chi connectivity index (χ0n) is 20.9. The molecule has 0 amide bonds. The largest absolute Gasteiger partial charge is 0.124 e. The SMILES string of the molecule is C[Si](C)(c1ccccc1)C12CCC([Si](C)(C)c3ccccc3)([Si](C)(C)c3ccccc3)P1S2. The van der Waals surface area contributed by atoms with E-state index >= 15 is 0 Å². The van der Waals surface area contributed by atoms with Crippen LogP contribution in [0.5, 0.6) is 0 Å². The summed E-state index contributed by atoms with van der Waals surface area (Å²) in [5.74, 6) is 0. The van der Waals surface area contributed by atoms with E-state index in [0.717, 1.165) is 0 Å². The van der Waals surface area contributed by atoms with Crippen LogP contribution in [-0.2, 0) is 0 Å². The molecule has 3 aromatic carbocycles. The van der Waals surface area contributed by atoms with Crippen molar-refractivity contribution in [3.63, 3.8) is 0 Å². The Labute approximate surface area is 209 Å². The van der Waals surface area contributed by atoms with E-state index in [0.29, 0.717) is 8.51 Å². The molecule has 0 spiro atoms. The van der Waals surface area contributed by atoms with Gasteiger partial charge in [0.2, 0.25) is 0 Å². The van der Waals surface area contributed by atoms with Crippen LogP contribution in [0.2, 0.25) is 39.3 Å². The van der Waals surface area contributed by atoms with Gasteiger partial charge >= 0.3 is 0 Å². The lowest BCUT2D eigenvalue weighted by Crippen LogP contribution is -2.74. The second-order valence-electron chi connectivity index (χ2n) is 11.5. The number of fused-ring (bicyclic) bond motifs is 1. The summed E-state index contributed by atoms with van der Waals surface area (Å²) in [5, 5.41) is 5.01. The molecule has 0 bridgehead atoms. The van der Waals surface area contributed by atoms with Crippen LogP contribution >= 0.6 is 18.5 Å². The normalized spacial score (nSPS) is 24.4. The molecule has 2 atom stereocenters. The van der Waals surface area contributed by atoms with Crippen LogP contribution in [0.1, 0.15) is 12.8 Å². The molecule has 5 heteroatoms. The lowest BCUT2D eigenvalue weighted by molar-refractivity contribution is 0.800. The molecule has 2 aliphatic heterocycles. The number of hydrogen-bond donors (Lipinski definition) is 0. The van der Waals surface area contributed by atoms with Gasteiger partial charge in [0.15, 0.2) is 0 Å². The van der Waals surface area contributed by atoms with Gasteiger partial charge in [-0.25, -0.2) is 0 Å². The molecule has 2 aliphatic rings. The van der Waals surface area contributed by atoms with Crippen LogP contribution in [-0.4, -0.2) is 32.7 Å². The predicted octanol–water partition coefficient (Wildman–Crippen LogP) is 6.82. The average Bonchev–Trinajstić information content (AvgIpc) is 3.48. The number of benzene rings is 3. The minimum Gasteiger partial charge on any atom is -0.124 e. The fourth-order valence-electron chi connectivity index (χ4n) is 6.98. The van der Waals surface area contributed by atoms with Crippen molar-refractivity contribution in [1.29, 1.82) is 0 Å². The average molecular weight is 521 g/mol. The van der Waals surface area contributed by atoms with E-state index in [1.807, 2.05) is 0 Å². The van der Waals surface area contributed by atoms with E-state index in [1.54, 1.807) is 15.6 Å². The topological polar surface area (TPSA) is 0 Å². The first kappa shape index (κ1) is 23.8. The molecule has 2 unspecified atom stereocenters. The molecule has 0 radical (unpaired) electrons. The van der Waals surface area contributed by atoms with Gasteiger partial charge in [-0.2, -0.15) is 0 Å². The lowest BCUT2D eigenvalue weighted by Gasteiger charge is -2.53. The Kier molecular flexibility index (Phi) is 5.82. The van der Waals surface area contributed by atoms with Crippen LogP contribution < -0.4 is 15.6 Å². The van der Waals surface area contributed by atoms with Crippen molar-refractivity contribution in [3.8, 4) is 0 Å². The highest BCUT2D eigenvalue weighted by atomic mass is 32.8. The zero-order valence-corrected chi connectivity index (χ0v) is 25.6. The summed E-state index contributed by atoms with van der Waals surface area (Å²) >= 11 is 2.47. The third kappa shape index (κ3) is 3.24. The quantitative estimate of drug-likeness (QED) is 0.195. The Morgan fingerprint density at radius 1 is 0.545 bits per heavy atom. The molecule has 0 N–H and O–H groups in total. The van der Waals surface area contributed by atoms with Gasteiger partial charge in [0, 0.05) is 8.51 Å². The molecule has 5 rings (SSSR count). The monoisotopic (exact) mass is 520 g/mol. The smallest absolute Gasteiger partial charge is 0.104 e. The van der Waals surface area contributed by atoms with Crippen molar-refractivity contribution in [2.45, 2.75) is 60.6 Å². The van der Waals surface area contributed by atoms with Crippen LogP contribution in [0, 0.1) is 0 Å². The van der Waals surface area contributed by atoms with Crippen molar-refractivity contribution in [2.75, 3.05) is 0 Å². The van der Waals surface area contributed by atoms with Gasteiger partial charge < -0.3 is 0 Å². The fraction of sp³-hybridized carbons (Fsp3) is 0.357. The minimum absolute atomic E-state index is 0.0634. The van der Waals surface area contributed by atoms with Gasteiger partial charge in [-0.05, 0) is 20.0 Å².